The molecule has 1 aromatic carbocycles. The third-order valence-corrected chi connectivity index (χ3v) is 5.64. The Balaban J connectivity index is 0.00000200. The molecular formula is C12H17BrClFN2O2S. The van der Waals surface area contributed by atoms with Gasteiger partial charge in [-0.3, -0.25) is 0 Å². The zero-order chi connectivity index (χ0) is 13.9. The summed E-state index contributed by atoms with van der Waals surface area (Å²) in [6.07, 6.45) is 1.87. The second kappa shape index (κ2) is 7.70. The summed E-state index contributed by atoms with van der Waals surface area (Å²) in [6.45, 7) is 2.30. The molecule has 0 saturated carbocycles. The Kier molecular flexibility index (Phi) is 6.87. The molecule has 0 bridgehead atoms. The van der Waals surface area contributed by atoms with E-state index in [1.807, 2.05) is 0 Å². The molecule has 0 radical (unpaired) electrons. The fourth-order valence-corrected chi connectivity index (χ4v) is 4.14. The zero-order valence-corrected chi connectivity index (χ0v) is 14.0. The van der Waals surface area contributed by atoms with E-state index in [0.717, 1.165) is 32.0 Å². The minimum atomic E-state index is -3.66. The molecule has 1 aliphatic rings. The van der Waals surface area contributed by atoms with Gasteiger partial charge in [-0.2, -0.15) is 0 Å². The van der Waals surface area contributed by atoms with Crippen molar-refractivity contribution in [3.63, 3.8) is 0 Å². The van der Waals surface area contributed by atoms with E-state index in [4.69, 9.17) is 0 Å². The average Bonchev–Trinajstić information content (AvgIpc) is 2.85. The van der Waals surface area contributed by atoms with Gasteiger partial charge in [0, 0.05) is 11.0 Å². The van der Waals surface area contributed by atoms with Crippen LogP contribution < -0.4 is 10.0 Å². The summed E-state index contributed by atoms with van der Waals surface area (Å²) in [7, 11) is -3.66. The number of rotatable bonds is 5. The van der Waals surface area contributed by atoms with Crippen LogP contribution in [0.25, 0.3) is 0 Å². The van der Waals surface area contributed by atoms with Gasteiger partial charge in [-0.25, -0.2) is 17.5 Å². The number of hydrogen-bond acceptors (Lipinski definition) is 3. The van der Waals surface area contributed by atoms with E-state index < -0.39 is 15.8 Å². The van der Waals surface area contributed by atoms with Gasteiger partial charge in [0.05, 0.1) is 4.90 Å². The van der Waals surface area contributed by atoms with Crippen molar-refractivity contribution in [2.24, 2.45) is 5.92 Å². The largest absolute Gasteiger partial charge is 0.316 e. The van der Waals surface area contributed by atoms with E-state index in [9.17, 15) is 12.8 Å². The molecule has 1 fully saturated rings. The molecule has 2 rings (SSSR count). The molecule has 0 aromatic heterocycles. The van der Waals surface area contributed by atoms with Crippen LogP contribution in [0.1, 0.15) is 12.8 Å². The number of nitrogens with one attached hydrogen (secondary N) is 2. The van der Waals surface area contributed by atoms with Crippen LogP contribution in [0.5, 0.6) is 0 Å². The Labute approximate surface area is 133 Å². The lowest BCUT2D eigenvalue weighted by atomic mass is 10.1. The highest BCUT2D eigenvalue weighted by atomic mass is 79.9. The first-order valence-corrected chi connectivity index (χ1v) is 8.42. The summed E-state index contributed by atoms with van der Waals surface area (Å²) in [5.41, 5.74) is 0. The van der Waals surface area contributed by atoms with E-state index in [2.05, 4.69) is 26.0 Å². The van der Waals surface area contributed by atoms with E-state index in [0.29, 0.717) is 16.9 Å². The highest BCUT2D eigenvalue weighted by Gasteiger charge is 2.20. The SMILES string of the molecule is Cl.O=S(=O)(NCCC1CCNC1)c1cc(F)ccc1Br. The van der Waals surface area contributed by atoms with Crippen LogP contribution in [-0.2, 0) is 10.0 Å². The molecular weight excluding hydrogens is 371 g/mol. The summed E-state index contributed by atoms with van der Waals surface area (Å²) in [5.74, 6) is -0.0535. The monoisotopic (exact) mass is 386 g/mol. The maximum absolute atomic E-state index is 13.1. The second-order valence-corrected chi connectivity index (χ2v) is 7.21. The number of hydrogen-bond donors (Lipinski definition) is 2. The van der Waals surface area contributed by atoms with Crippen LogP contribution in [0, 0.1) is 11.7 Å². The van der Waals surface area contributed by atoms with Crippen molar-refractivity contribution in [2.45, 2.75) is 17.7 Å². The Morgan fingerprint density at radius 1 is 1.45 bits per heavy atom. The highest BCUT2D eigenvalue weighted by molar-refractivity contribution is 9.10. The van der Waals surface area contributed by atoms with Gasteiger partial charge in [-0.05, 0) is 66.0 Å². The lowest BCUT2D eigenvalue weighted by Crippen LogP contribution is -2.27. The standard InChI is InChI=1S/C12H16BrFN2O2S.ClH/c13-11-2-1-10(14)7-12(11)19(17,18)16-6-4-9-3-5-15-8-9;/h1-2,7,9,15-16H,3-6,8H2;1H. The number of sulfonamides is 1. The van der Waals surface area contributed by atoms with Gasteiger partial charge in [0.1, 0.15) is 5.82 Å². The first kappa shape index (κ1) is 17.8. The molecule has 1 aliphatic heterocycles. The zero-order valence-electron chi connectivity index (χ0n) is 10.7. The topological polar surface area (TPSA) is 58.2 Å². The van der Waals surface area contributed by atoms with Crippen LogP contribution in [-0.4, -0.2) is 28.1 Å². The molecule has 2 N–H and O–H groups in total. The molecule has 1 aromatic rings. The smallest absolute Gasteiger partial charge is 0.241 e. The minimum Gasteiger partial charge on any atom is -0.316 e. The van der Waals surface area contributed by atoms with Crippen molar-refractivity contribution < 1.29 is 12.8 Å². The Morgan fingerprint density at radius 3 is 2.85 bits per heavy atom. The molecule has 20 heavy (non-hydrogen) atoms. The Hall–Kier alpha value is -0.210. The van der Waals surface area contributed by atoms with Crippen molar-refractivity contribution >= 4 is 38.4 Å². The van der Waals surface area contributed by atoms with Gasteiger partial charge >= 0.3 is 0 Å². The summed E-state index contributed by atoms with van der Waals surface area (Å²) >= 11 is 3.13. The molecule has 0 aliphatic carbocycles. The summed E-state index contributed by atoms with van der Waals surface area (Å²) in [4.78, 5) is -0.0583. The van der Waals surface area contributed by atoms with Crippen LogP contribution in [0.2, 0.25) is 0 Å². The fraction of sp³-hybridized carbons (Fsp3) is 0.500. The third kappa shape index (κ3) is 4.66. The van der Waals surface area contributed by atoms with Gasteiger partial charge in [0.15, 0.2) is 0 Å². The molecule has 8 heteroatoms. The summed E-state index contributed by atoms with van der Waals surface area (Å²) in [6, 6.07) is 3.63. The average molecular weight is 388 g/mol. The highest BCUT2D eigenvalue weighted by Crippen LogP contribution is 2.22. The van der Waals surface area contributed by atoms with Crippen LogP contribution >= 0.6 is 28.3 Å². The van der Waals surface area contributed by atoms with E-state index in [1.54, 1.807) is 0 Å². The van der Waals surface area contributed by atoms with Gasteiger partial charge in [0.2, 0.25) is 10.0 Å². The Morgan fingerprint density at radius 2 is 2.20 bits per heavy atom. The van der Waals surface area contributed by atoms with E-state index >= 15 is 0 Å². The first-order chi connectivity index (χ1) is 8.99. The molecule has 114 valence electrons. The van der Waals surface area contributed by atoms with Crippen molar-refractivity contribution in [2.75, 3.05) is 19.6 Å². The van der Waals surface area contributed by atoms with Crippen LogP contribution in [0.4, 0.5) is 4.39 Å². The third-order valence-electron chi connectivity index (χ3n) is 3.19. The van der Waals surface area contributed by atoms with E-state index in [1.165, 1.54) is 12.1 Å². The molecule has 4 nitrogen and oxygen atoms in total. The molecule has 1 atom stereocenters. The van der Waals surface area contributed by atoms with Crippen LogP contribution in [0.3, 0.4) is 0 Å². The molecule has 1 unspecified atom stereocenters. The van der Waals surface area contributed by atoms with Gasteiger partial charge < -0.3 is 5.32 Å². The summed E-state index contributed by atoms with van der Waals surface area (Å²) in [5, 5.41) is 3.23. The van der Waals surface area contributed by atoms with Crippen molar-refractivity contribution in [3.05, 3.63) is 28.5 Å². The molecule has 1 heterocycles. The van der Waals surface area contributed by atoms with Crippen molar-refractivity contribution in [1.82, 2.24) is 10.0 Å². The molecule has 1 saturated heterocycles. The summed E-state index contributed by atoms with van der Waals surface area (Å²) < 4.78 is 40.1. The first-order valence-electron chi connectivity index (χ1n) is 6.14. The van der Waals surface area contributed by atoms with E-state index in [-0.39, 0.29) is 17.3 Å². The maximum Gasteiger partial charge on any atom is 0.241 e. The normalized spacial score (nSPS) is 18.8. The quantitative estimate of drug-likeness (QED) is 0.815. The number of benzene rings is 1. The Bertz CT molecular complexity index is 550. The van der Waals surface area contributed by atoms with Crippen molar-refractivity contribution in [1.29, 1.82) is 0 Å². The maximum atomic E-state index is 13.1. The predicted molar refractivity (Wildman–Crippen MR) is 82.1 cm³/mol. The predicted octanol–water partition coefficient (Wildman–Crippen LogP) is 2.29. The van der Waals surface area contributed by atoms with Gasteiger partial charge in [-0.15, -0.1) is 12.4 Å². The van der Waals surface area contributed by atoms with Gasteiger partial charge in [-0.1, -0.05) is 0 Å². The molecule has 0 spiro atoms. The lowest BCUT2D eigenvalue weighted by molar-refractivity contribution is 0.518. The second-order valence-electron chi connectivity index (χ2n) is 4.62. The van der Waals surface area contributed by atoms with Crippen LogP contribution in [0.15, 0.2) is 27.6 Å². The minimum absolute atomic E-state index is 0. The lowest BCUT2D eigenvalue weighted by Gasteiger charge is -2.11. The van der Waals surface area contributed by atoms with Gasteiger partial charge in [0.25, 0.3) is 0 Å². The molecule has 0 amide bonds. The fourth-order valence-electron chi connectivity index (χ4n) is 2.12. The number of halogens is 3. The van der Waals surface area contributed by atoms with Crippen molar-refractivity contribution in [3.8, 4) is 0 Å².